The van der Waals surface area contributed by atoms with Crippen LogP contribution in [0, 0.1) is 0 Å². The normalized spacial score (nSPS) is 15.0. The number of nitrogens with one attached hydrogen (secondary N) is 1. The zero-order valence-corrected chi connectivity index (χ0v) is 8.60. The third-order valence-corrected chi connectivity index (χ3v) is 2.80. The van der Waals surface area contributed by atoms with E-state index in [-0.39, 0.29) is 11.9 Å². The largest absolute Gasteiger partial charge is 0.347 e. The fraction of sp³-hybridized carbons (Fsp3) is 0.444. The van der Waals surface area contributed by atoms with Gasteiger partial charge in [-0.15, -0.1) is 11.3 Å². The Morgan fingerprint density at radius 1 is 1.62 bits per heavy atom. The summed E-state index contributed by atoms with van der Waals surface area (Å²) in [5.74, 6) is -0.110. The summed E-state index contributed by atoms with van der Waals surface area (Å²) >= 11 is 1.63. The lowest BCUT2D eigenvalue weighted by Crippen LogP contribution is -2.39. The lowest BCUT2D eigenvalue weighted by atomic mass is 10.2. The third-order valence-electron chi connectivity index (χ3n) is 1.74. The molecular formula is C9H14N2OS. The zero-order chi connectivity index (χ0) is 9.84. The van der Waals surface area contributed by atoms with Gasteiger partial charge in [-0.2, -0.15) is 0 Å². The van der Waals surface area contributed by atoms with Gasteiger partial charge in [-0.3, -0.25) is 4.79 Å². The van der Waals surface area contributed by atoms with Crippen LogP contribution in [0.25, 0.3) is 0 Å². The van der Waals surface area contributed by atoms with E-state index >= 15 is 0 Å². The Balaban J connectivity index is 2.51. The minimum atomic E-state index is -0.442. The summed E-state index contributed by atoms with van der Waals surface area (Å²) in [7, 11) is 0. The van der Waals surface area contributed by atoms with Gasteiger partial charge in [0.25, 0.3) is 0 Å². The number of rotatable bonds is 3. The first-order chi connectivity index (χ1) is 6.11. The first-order valence-corrected chi connectivity index (χ1v) is 5.08. The maximum Gasteiger partial charge on any atom is 0.237 e. The Kier molecular flexibility index (Phi) is 3.45. The highest BCUT2D eigenvalue weighted by Gasteiger charge is 2.12. The SMILES string of the molecule is CC(NC(=O)[C@@H](C)N)c1cccs1. The van der Waals surface area contributed by atoms with Crippen LogP contribution in [0.3, 0.4) is 0 Å². The fourth-order valence-corrected chi connectivity index (χ4v) is 1.69. The molecule has 0 bridgehead atoms. The summed E-state index contributed by atoms with van der Waals surface area (Å²) in [4.78, 5) is 12.4. The van der Waals surface area contributed by atoms with Crippen molar-refractivity contribution >= 4 is 17.2 Å². The van der Waals surface area contributed by atoms with Crippen molar-refractivity contribution in [2.24, 2.45) is 5.73 Å². The van der Waals surface area contributed by atoms with Crippen LogP contribution in [0.2, 0.25) is 0 Å². The Labute approximate surface area is 81.9 Å². The summed E-state index contributed by atoms with van der Waals surface area (Å²) < 4.78 is 0. The topological polar surface area (TPSA) is 55.1 Å². The minimum Gasteiger partial charge on any atom is -0.347 e. The molecule has 0 fully saturated rings. The maximum absolute atomic E-state index is 11.2. The molecule has 0 saturated heterocycles. The molecule has 1 aromatic heterocycles. The van der Waals surface area contributed by atoms with Crippen LogP contribution in [0.15, 0.2) is 17.5 Å². The van der Waals surface area contributed by atoms with Crippen molar-refractivity contribution in [1.82, 2.24) is 5.32 Å². The van der Waals surface area contributed by atoms with Crippen LogP contribution in [-0.4, -0.2) is 11.9 Å². The molecule has 0 saturated carbocycles. The number of hydrogen-bond acceptors (Lipinski definition) is 3. The van der Waals surface area contributed by atoms with Gasteiger partial charge in [-0.05, 0) is 25.3 Å². The molecule has 0 aromatic carbocycles. The molecule has 0 aliphatic carbocycles. The van der Waals surface area contributed by atoms with E-state index in [1.54, 1.807) is 18.3 Å². The average molecular weight is 198 g/mol. The molecule has 0 aliphatic heterocycles. The van der Waals surface area contributed by atoms with E-state index in [2.05, 4.69) is 5.32 Å². The van der Waals surface area contributed by atoms with Gasteiger partial charge >= 0.3 is 0 Å². The van der Waals surface area contributed by atoms with Gasteiger partial charge in [0.05, 0.1) is 12.1 Å². The molecular weight excluding hydrogens is 184 g/mol. The molecule has 13 heavy (non-hydrogen) atoms. The lowest BCUT2D eigenvalue weighted by molar-refractivity contribution is -0.122. The van der Waals surface area contributed by atoms with Gasteiger partial charge in [0.15, 0.2) is 0 Å². The molecule has 0 spiro atoms. The maximum atomic E-state index is 11.2. The van der Waals surface area contributed by atoms with Crippen LogP contribution in [0.4, 0.5) is 0 Å². The number of carbonyl (C=O) groups is 1. The molecule has 0 radical (unpaired) electrons. The summed E-state index contributed by atoms with van der Waals surface area (Å²) in [5.41, 5.74) is 5.43. The highest BCUT2D eigenvalue weighted by atomic mass is 32.1. The van der Waals surface area contributed by atoms with E-state index in [0.717, 1.165) is 4.88 Å². The lowest BCUT2D eigenvalue weighted by Gasteiger charge is -2.13. The van der Waals surface area contributed by atoms with Crippen molar-refractivity contribution in [3.63, 3.8) is 0 Å². The second-order valence-electron chi connectivity index (χ2n) is 3.03. The Morgan fingerprint density at radius 3 is 2.77 bits per heavy atom. The second kappa shape index (κ2) is 4.39. The van der Waals surface area contributed by atoms with Crippen molar-refractivity contribution in [3.8, 4) is 0 Å². The smallest absolute Gasteiger partial charge is 0.237 e. The molecule has 2 atom stereocenters. The van der Waals surface area contributed by atoms with Crippen molar-refractivity contribution < 1.29 is 4.79 Å². The Hall–Kier alpha value is -0.870. The molecule has 1 amide bonds. The minimum absolute atomic E-state index is 0.0542. The summed E-state index contributed by atoms with van der Waals surface area (Å²) in [5, 5.41) is 4.82. The number of hydrogen-bond donors (Lipinski definition) is 2. The van der Waals surface area contributed by atoms with Crippen LogP contribution in [0.5, 0.6) is 0 Å². The van der Waals surface area contributed by atoms with Gasteiger partial charge in [-0.1, -0.05) is 6.07 Å². The van der Waals surface area contributed by atoms with Gasteiger partial charge in [0.1, 0.15) is 0 Å². The molecule has 0 aliphatic rings. The average Bonchev–Trinajstić information content (AvgIpc) is 2.55. The van der Waals surface area contributed by atoms with Gasteiger partial charge in [0.2, 0.25) is 5.91 Å². The Morgan fingerprint density at radius 2 is 2.31 bits per heavy atom. The number of nitrogens with two attached hydrogens (primary N) is 1. The molecule has 1 heterocycles. The quantitative estimate of drug-likeness (QED) is 0.768. The van der Waals surface area contributed by atoms with Crippen molar-refractivity contribution in [3.05, 3.63) is 22.4 Å². The van der Waals surface area contributed by atoms with Crippen molar-refractivity contribution in [1.29, 1.82) is 0 Å². The number of thiophene rings is 1. The predicted octanol–water partition coefficient (Wildman–Crippen LogP) is 1.27. The molecule has 3 nitrogen and oxygen atoms in total. The first kappa shape index (κ1) is 10.2. The van der Waals surface area contributed by atoms with Crippen LogP contribution in [0.1, 0.15) is 24.8 Å². The fourth-order valence-electron chi connectivity index (χ4n) is 0.954. The van der Waals surface area contributed by atoms with Crippen molar-refractivity contribution in [2.75, 3.05) is 0 Å². The van der Waals surface area contributed by atoms with Crippen LogP contribution < -0.4 is 11.1 Å². The van der Waals surface area contributed by atoms with E-state index in [1.165, 1.54) is 0 Å². The van der Waals surface area contributed by atoms with Gasteiger partial charge in [-0.25, -0.2) is 0 Å². The van der Waals surface area contributed by atoms with E-state index in [4.69, 9.17) is 5.73 Å². The molecule has 72 valence electrons. The molecule has 1 aromatic rings. The third kappa shape index (κ3) is 2.82. The summed E-state index contributed by atoms with van der Waals surface area (Å²) in [6.07, 6.45) is 0. The van der Waals surface area contributed by atoms with E-state index < -0.39 is 6.04 Å². The molecule has 4 heteroatoms. The highest BCUT2D eigenvalue weighted by Crippen LogP contribution is 2.17. The van der Waals surface area contributed by atoms with Gasteiger partial charge < -0.3 is 11.1 Å². The van der Waals surface area contributed by atoms with E-state index in [1.807, 2.05) is 24.4 Å². The second-order valence-corrected chi connectivity index (χ2v) is 4.01. The zero-order valence-electron chi connectivity index (χ0n) is 7.78. The Bertz CT molecular complexity index is 269. The van der Waals surface area contributed by atoms with Crippen molar-refractivity contribution in [2.45, 2.75) is 25.9 Å². The summed E-state index contributed by atoms with van der Waals surface area (Å²) in [6.45, 7) is 3.63. The number of amides is 1. The molecule has 3 N–H and O–H groups in total. The summed E-state index contributed by atoms with van der Waals surface area (Å²) in [6, 6.07) is 3.58. The molecule has 1 rings (SSSR count). The standard InChI is InChI=1S/C9H14N2OS/c1-6(10)9(12)11-7(2)8-4-3-5-13-8/h3-7H,10H2,1-2H3,(H,11,12)/t6-,7?/m1/s1. The van der Waals surface area contributed by atoms with Gasteiger partial charge in [0, 0.05) is 4.88 Å². The van der Waals surface area contributed by atoms with E-state index in [9.17, 15) is 4.79 Å². The first-order valence-electron chi connectivity index (χ1n) is 4.20. The van der Waals surface area contributed by atoms with Crippen LogP contribution in [-0.2, 0) is 4.79 Å². The predicted molar refractivity (Wildman–Crippen MR) is 54.5 cm³/mol. The number of carbonyl (C=O) groups excluding carboxylic acids is 1. The van der Waals surface area contributed by atoms with E-state index in [0.29, 0.717) is 0 Å². The monoisotopic (exact) mass is 198 g/mol. The van der Waals surface area contributed by atoms with Crippen LogP contribution >= 0.6 is 11.3 Å². The molecule has 1 unspecified atom stereocenters. The highest BCUT2D eigenvalue weighted by molar-refractivity contribution is 7.10.